The number of rotatable bonds is 4. The Kier molecular flexibility index (Phi) is 6.18. The number of nitrogens with two attached hydrogens (primary N) is 1. The highest BCUT2D eigenvalue weighted by Gasteiger charge is 2.27. The van der Waals surface area contributed by atoms with Gasteiger partial charge in [-0.15, -0.1) is 0 Å². The number of hydrogen-bond donors (Lipinski definition) is 3. The van der Waals surface area contributed by atoms with Gasteiger partial charge in [0, 0.05) is 12.0 Å². The van der Waals surface area contributed by atoms with Crippen molar-refractivity contribution in [3.05, 3.63) is 0 Å². The van der Waals surface area contributed by atoms with E-state index in [-0.39, 0.29) is 18.4 Å². The first-order chi connectivity index (χ1) is 10.5. The number of primary amides is 1. The Hall–Kier alpha value is -1.63. The molecule has 7 heteroatoms. The Morgan fingerprint density at radius 3 is 2.23 bits per heavy atom. The van der Waals surface area contributed by atoms with Crippen LogP contribution in [0.15, 0.2) is 0 Å². The molecule has 22 heavy (non-hydrogen) atoms. The molecule has 0 atom stereocenters. The summed E-state index contributed by atoms with van der Waals surface area (Å²) in [7, 11) is 0. The molecule has 1 aliphatic carbocycles. The van der Waals surface area contributed by atoms with E-state index in [2.05, 4.69) is 10.6 Å². The van der Waals surface area contributed by atoms with Gasteiger partial charge in [0.05, 0.1) is 6.54 Å². The molecule has 1 heterocycles. The molecule has 0 radical (unpaired) electrons. The van der Waals surface area contributed by atoms with Crippen molar-refractivity contribution in [1.82, 2.24) is 15.5 Å². The van der Waals surface area contributed by atoms with Gasteiger partial charge in [0.25, 0.3) is 0 Å². The fourth-order valence-electron chi connectivity index (χ4n) is 3.30. The number of nitrogens with one attached hydrogen (secondary N) is 2. The van der Waals surface area contributed by atoms with Crippen molar-refractivity contribution in [2.45, 2.75) is 51.0 Å². The van der Waals surface area contributed by atoms with E-state index in [1.807, 2.05) is 4.90 Å². The molecule has 1 saturated heterocycles. The van der Waals surface area contributed by atoms with Crippen molar-refractivity contribution < 1.29 is 14.4 Å². The van der Waals surface area contributed by atoms with E-state index >= 15 is 0 Å². The van der Waals surface area contributed by atoms with Crippen molar-refractivity contribution in [3.63, 3.8) is 0 Å². The highest BCUT2D eigenvalue weighted by Crippen LogP contribution is 2.21. The van der Waals surface area contributed by atoms with Crippen molar-refractivity contribution in [2.75, 3.05) is 19.6 Å². The van der Waals surface area contributed by atoms with Gasteiger partial charge in [0.1, 0.15) is 0 Å². The number of piperidine rings is 1. The molecular formula is C15H26N4O3. The molecule has 0 aromatic heterocycles. The normalized spacial score (nSPS) is 21.3. The lowest BCUT2D eigenvalue weighted by atomic mass is 9.92. The fraction of sp³-hybridized carbons (Fsp3) is 0.800. The first-order valence-corrected chi connectivity index (χ1v) is 8.16. The monoisotopic (exact) mass is 310 g/mol. The molecule has 1 aliphatic heterocycles. The molecule has 2 fully saturated rings. The summed E-state index contributed by atoms with van der Waals surface area (Å²) < 4.78 is 0. The number of likely N-dealkylation sites (tertiary alicyclic amines) is 1. The second-order valence-electron chi connectivity index (χ2n) is 6.31. The SMILES string of the molecule is NC(=O)NC(=O)CN1CCC(C(=O)NC2CCCCC2)CC1. The van der Waals surface area contributed by atoms with E-state index in [4.69, 9.17) is 5.73 Å². The summed E-state index contributed by atoms with van der Waals surface area (Å²) in [4.78, 5) is 36.3. The summed E-state index contributed by atoms with van der Waals surface area (Å²) in [5.41, 5.74) is 4.91. The molecule has 124 valence electrons. The van der Waals surface area contributed by atoms with Crippen LogP contribution in [0.25, 0.3) is 0 Å². The molecule has 0 aromatic rings. The van der Waals surface area contributed by atoms with Crippen molar-refractivity contribution in [1.29, 1.82) is 0 Å². The number of amides is 4. The quantitative estimate of drug-likeness (QED) is 0.696. The minimum absolute atomic E-state index is 0.0392. The average molecular weight is 310 g/mol. The number of carbonyl (C=O) groups excluding carboxylic acids is 3. The molecule has 4 amide bonds. The molecule has 0 spiro atoms. The summed E-state index contributed by atoms with van der Waals surface area (Å²) in [6, 6.07) is -0.479. The molecule has 1 saturated carbocycles. The number of carbonyl (C=O) groups is 3. The summed E-state index contributed by atoms with van der Waals surface area (Å²) in [6.45, 7) is 1.53. The van der Waals surface area contributed by atoms with Crippen LogP contribution < -0.4 is 16.4 Å². The van der Waals surface area contributed by atoms with Gasteiger partial charge in [-0.05, 0) is 38.8 Å². The predicted molar refractivity (Wildman–Crippen MR) is 81.9 cm³/mol. The Balaban J connectivity index is 1.68. The van der Waals surface area contributed by atoms with Crippen LogP contribution in [0.3, 0.4) is 0 Å². The van der Waals surface area contributed by atoms with E-state index in [1.165, 1.54) is 19.3 Å². The van der Waals surface area contributed by atoms with E-state index in [0.717, 1.165) is 25.7 Å². The number of imide groups is 1. The summed E-state index contributed by atoms with van der Waals surface area (Å²) in [5.74, 6) is -0.192. The smallest absolute Gasteiger partial charge is 0.318 e. The highest BCUT2D eigenvalue weighted by molar-refractivity contribution is 5.94. The van der Waals surface area contributed by atoms with Gasteiger partial charge in [0.2, 0.25) is 11.8 Å². The van der Waals surface area contributed by atoms with Crippen LogP contribution >= 0.6 is 0 Å². The molecule has 2 rings (SSSR count). The third-order valence-corrected chi connectivity index (χ3v) is 4.54. The van der Waals surface area contributed by atoms with Gasteiger partial charge >= 0.3 is 6.03 Å². The van der Waals surface area contributed by atoms with Crippen LogP contribution in [0.5, 0.6) is 0 Å². The van der Waals surface area contributed by atoms with Gasteiger partial charge in [-0.25, -0.2) is 4.79 Å². The fourth-order valence-corrected chi connectivity index (χ4v) is 3.30. The molecule has 7 nitrogen and oxygen atoms in total. The van der Waals surface area contributed by atoms with Crippen LogP contribution in [0, 0.1) is 5.92 Å². The van der Waals surface area contributed by atoms with E-state index < -0.39 is 11.9 Å². The number of nitrogens with zero attached hydrogens (tertiary/aromatic N) is 1. The number of hydrogen-bond acceptors (Lipinski definition) is 4. The second kappa shape index (κ2) is 8.12. The maximum Gasteiger partial charge on any atom is 0.318 e. The molecule has 4 N–H and O–H groups in total. The van der Waals surface area contributed by atoms with E-state index in [0.29, 0.717) is 19.1 Å². The van der Waals surface area contributed by atoms with Crippen LogP contribution in [0.1, 0.15) is 44.9 Å². The zero-order valence-corrected chi connectivity index (χ0v) is 13.0. The molecule has 0 aromatic carbocycles. The van der Waals surface area contributed by atoms with Crippen LogP contribution in [0.2, 0.25) is 0 Å². The Bertz CT molecular complexity index is 413. The third-order valence-electron chi connectivity index (χ3n) is 4.54. The van der Waals surface area contributed by atoms with Gasteiger partial charge in [-0.1, -0.05) is 19.3 Å². The van der Waals surface area contributed by atoms with Gasteiger partial charge in [-0.3, -0.25) is 19.8 Å². The van der Waals surface area contributed by atoms with Crippen LogP contribution in [0.4, 0.5) is 4.79 Å². The molecule has 0 bridgehead atoms. The van der Waals surface area contributed by atoms with Crippen molar-refractivity contribution in [3.8, 4) is 0 Å². The maximum atomic E-state index is 12.3. The first-order valence-electron chi connectivity index (χ1n) is 8.16. The molecule has 0 unspecified atom stereocenters. The third kappa shape index (κ3) is 5.29. The second-order valence-corrected chi connectivity index (χ2v) is 6.31. The molecule has 2 aliphatic rings. The predicted octanol–water partition coefficient (Wildman–Crippen LogP) is 0.342. The largest absolute Gasteiger partial charge is 0.353 e. The lowest BCUT2D eigenvalue weighted by Crippen LogP contribution is -2.47. The topological polar surface area (TPSA) is 105 Å². The summed E-state index contributed by atoms with van der Waals surface area (Å²) in [6.07, 6.45) is 7.38. The zero-order valence-electron chi connectivity index (χ0n) is 13.0. The lowest BCUT2D eigenvalue weighted by molar-refractivity contribution is -0.127. The van der Waals surface area contributed by atoms with Crippen LogP contribution in [-0.4, -0.2) is 48.4 Å². The Labute approximate surface area is 131 Å². The minimum atomic E-state index is -0.827. The van der Waals surface area contributed by atoms with Gasteiger partial charge < -0.3 is 11.1 Å². The summed E-state index contributed by atoms with van der Waals surface area (Å²) in [5, 5.41) is 5.23. The highest BCUT2D eigenvalue weighted by atomic mass is 16.2. The average Bonchev–Trinajstić information content (AvgIpc) is 2.48. The Morgan fingerprint density at radius 1 is 1.00 bits per heavy atom. The summed E-state index contributed by atoms with van der Waals surface area (Å²) >= 11 is 0. The molecular weight excluding hydrogens is 284 g/mol. The first kappa shape index (κ1) is 16.7. The number of urea groups is 1. The van der Waals surface area contributed by atoms with E-state index in [1.54, 1.807) is 0 Å². The van der Waals surface area contributed by atoms with Gasteiger partial charge in [0.15, 0.2) is 0 Å². The standard InChI is InChI=1S/C15H26N4O3/c16-15(22)18-13(20)10-19-8-6-11(7-9-19)14(21)17-12-4-2-1-3-5-12/h11-12H,1-10H2,(H,17,21)(H3,16,18,20,22). The Morgan fingerprint density at radius 2 is 1.64 bits per heavy atom. The van der Waals surface area contributed by atoms with E-state index in [9.17, 15) is 14.4 Å². The van der Waals surface area contributed by atoms with Crippen molar-refractivity contribution in [2.24, 2.45) is 11.7 Å². The van der Waals surface area contributed by atoms with Crippen molar-refractivity contribution >= 4 is 17.8 Å². The minimum Gasteiger partial charge on any atom is -0.353 e. The van der Waals surface area contributed by atoms with Crippen LogP contribution in [-0.2, 0) is 9.59 Å². The maximum absolute atomic E-state index is 12.3. The van der Waals surface area contributed by atoms with Gasteiger partial charge in [-0.2, -0.15) is 0 Å². The lowest BCUT2D eigenvalue weighted by Gasteiger charge is -2.32. The zero-order chi connectivity index (χ0) is 15.9.